The van der Waals surface area contributed by atoms with Crippen LogP contribution in [0.4, 0.5) is 4.39 Å². The average molecular weight is 294 g/mol. The highest BCUT2D eigenvalue weighted by Gasteiger charge is 2.53. The van der Waals surface area contributed by atoms with E-state index in [9.17, 15) is 4.39 Å². The smallest absolute Gasteiger partial charge is 0.125 e. The third-order valence-electron chi connectivity index (χ3n) is 5.92. The van der Waals surface area contributed by atoms with Crippen LogP contribution in [0.15, 0.2) is 18.2 Å². The van der Waals surface area contributed by atoms with E-state index in [2.05, 4.69) is 5.32 Å². The molecule has 0 amide bonds. The third-order valence-corrected chi connectivity index (χ3v) is 6.14. The van der Waals surface area contributed by atoms with Crippen molar-refractivity contribution in [2.75, 3.05) is 0 Å². The van der Waals surface area contributed by atoms with Gasteiger partial charge in [0.15, 0.2) is 0 Å². The maximum absolute atomic E-state index is 13.3. The van der Waals surface area contributed by atoms with Gasteiger partial charge in [0, 0.05) is 17.6 Å². The molecule has 0 spiro atoms. The van der Waals surface area contributed by atoms with E-state index in [1.54, 1.807) is 6.07 Å². The average Bonchev–Trinajstić information content (AvgIpc) is 3.07. The molecule has 1 aromatic rings. The normalized spacial score (nSPS) is 38.4. The Bertz CT molecular complexity index is 497. The van der Waals surface area contributed by atoms with Crippen molar-refractivity contribution < 1.29 is 4.39 Å². The summed E-state index contributed by atoms with van der Waals surface area (Å²) in [6.45, 7) is 0.739. The monoisotopic (exact) mass is 293 g/mol. The van der Waals surface area contributed by atoms with Crippen molar-refractivity contribution in [3.63, 3.8) is 0 Å². The highest BCUT2D eigenvalue weighted by molar-refractivity contribution is 6.30. The second-order valence-corrected chi connectivity index (χ2v) is 7.36. The van der Waals surface area contributed by atoms with Crippen LogP contribution in [0.3, 0.4) is 0 Å². The highest BCUT2D eigenvalue weighted by atomic mass is 35.5. The Morgan fingerprint density at radius 3 is 2.80 bits per heavy atom. The van der Waals surface area contributed by atoms with Gasteiger partial charge < -0.3 is 5.32 Å². The first-order chi connectivity index (χ1) is 9.70. The maximum atomic E-state index is 13.3. The molecule has 0 saturated heterocycles. The van der Waals surface area contributed by atoms with Gasteiger partial charge in [-0.15, -0.1) is 0 Å². The van der Waals surface area contributed by atoms with E-state index in [0.717, 1.165) is 35.8 Å². The largest absolute Gasteiger partial charge is 0.310 e. The quantitative estimate of drug-likeness (QED) is 0.871. The number of hydrogen-bond acceptors (Lipinski definition) is 1. The molecule has 3 saturated carbocycles. The van der Waals surface area contributed by atoms with E-state index < -0.39 is 0 Å². The minimum Gasteiger partial charge on any atom is -0.310 e. The van der Waals surface area contributed by atoms with Crippen molar-refractivity contribution in [3.8, 4) is 0 Å². The minimum absolute atomic E-state index is 0.238. The first-order valence-corrected chi connectivity index (χ1v) is 8.27. The highest BCUT2D eigenvalue weighted by Crippen LogP contribution is 2.58. The molecule has 108 valence electrons. The maximum Gasteiger partial charge on any atom is 0.125 e. The van der Waals surface area contributed by atoms with Gasteiger partial charge in [0.25, 0.3) is 0 Å². The molecule has 0 radical (unpaired) electrons. The van der Waals surface area contributed by atoms with Crippen LogP contribution in [-0.2, 0) is 6.54 Å². The van der Waals surface area contributed by atoms with E-state index in [4.69, 9.17) is 11.6 Å². The predicted octanol–water partition coefficient (Wildman–Crippen LogP) is 4.39. The minimum atomic E-state index is -0.238. The van der Waals surface area contributed by atoms with Gasteiger partial charge in [0.1, 0.15) is 5.82 Å². The summed E-state index contributed by atoms with van der Waals surface area (Å²) in [5, 5.41) is 4.16. The van der Waals surface area contributed by atoms with Gasteiger partial charge in [-0.05, 0) is 73.1 Å². The molecule has 4 rings (SSSR count). The molecule has 3 aliphatic rings. The molecule has 0 heterocycles. The predicted molar refractivity (Wildman–Crippen MR) is 79.1 cm³/mol. The molecule has 3 fully saturated rings. The fourth-order valence-corrected chi connectivity index (χ4v) is 5.51. The summed E-state index contributed by atoms with van der Waals surface area (Å²) in [5.74, 6) is 3.60. The summed E-state index contributed by atoms with van der Waals surface area (Å²) in [6, 6.07) is 5.46. The van der Waals surface area contributed by atoms with Gasteiger partial charge >= 0.3 is 0 Å². The molecule has 0 aromatic heterocycles. The summed E-state index contributed by atoms with van der Waals surface area (Å²) < 4.78 is 13.3. The summed E-state index contributed by atoms with van der Waals surface area (Å²) in [4.78, 5) is 0. The number of fused-ring (bicyclic) bond motifs is 5. The Labute approximate surface area is 124 Å². The van der Waals surface area contributed by atoms with Crippen LogP contribution >= 0.6 is 11.6 Å². The molecule has 1 aromatic carbocycles. The second-order valence-electron chi connectivity index (χ2n) is 6.92. The van der Waals surface area contributed by atoms with Crippen molar-refractivity contribution in [2.45, 2.75) is 44.7 Å². The van der Waals surface area contributed by atoms with Crippen molar-refractivity contribution >= 4 is 11.6 Å². The van der Waals surface area contributed by atoms with Gasteiger partial charge in [0.05, 0.1) is 0 Å². The molecular weight excluding hydrogens is 273 g/mol. The molecule has 3 heteroatoms. The van der Waals surface area contributed by atoms with Crippen LogP contribution in [0.25, 0.3) is 0 Å². The Balaban J connectivity index is 1.41. The Morgan fingerprint density at radius 2 is 1.95 bits per heavy atom. The lowest BCUT2D eigenvalue weighted by atomic mass is 9.79. The number of rotatable bonds is 3. The third kappa shape index (κ3) is 2.17. The lowest BCUT2D eigenvalue weighted by molar-refractivity contribution is 0.208. The summed E-state index contributed by atoms with van der Waals surface area (Å²) in [7, 11) is 0. The zero-order valence-electron chi connectivity index (χ0n) is 11.6. The topological polar surface area (TPSA) is 12.0 Å². The van der Waals surface area contributed by atoms with Crippen LogP contribution in [0.5, 0.6) is 0 Å². The fraction of sp³-hybridized carbons (Fsp3) is 0.647. The van der Waals surface area contributed by atoms with Crippen molar-refractivity contribution in [3.05, 3.63) is 34.6 Å². The Hall–Kier alpha value is -0.600. The van der Waals surface area contributed by atoms with Crippen molar-refractivity contribution in [1.29, 1.82) is 0 Å². The molecule has 20 heavy (non-hydrogen) atoms. The summed E-state index contributed by atoms with van der Waals surface area (Å²) >= 11 is 5.91. The lowest BCUT2D eigenvalue weighted by Gasteiger charge is -2.32. The molecule has 1 nitrogen and oxygen atoms in total. The van der Waals surface area contributed by atoms with E-state index in [-0.39, 0.29) is 5.82 Å². The Kier molecular flexibility index (Phi) is 3.27. The number of nitrogens with one attached hydrogen (secondary N) is 1. The van der Waals surface area contributed by atoms with Gasteiger partial charge in [0.2, 0.25) is 0 Å². The molecular formula is C17H21ClFN. The van der Waals surface area contributed by atoms with Gasteiger partial charge in [-0.25, -0.2) is 4.39 Å². The van der Waals surface area contributed by atoms with Gasteiger partial charge in [-0.1, -0.05) is 18.0 Å². The van der Waals surface area contributed by atoms with E-state index >= 15 is 0 Å². The first kappa shape index (κ1) is 13.1. The van der Waals surface area contributed by atoms with Crippen LogP contribution in [0.2, 0.25) is 5.02 Å². The number of hydrogen-bond donors (Lipinski definition) is 1. The number of halogens is 2. The summed E-state index contributed by atoms with van der Waals surface area (Å²) in [6.07, 6.45) is 7.11. The standard InChI is InChI=1S/C17H21ClFN/c18-12-4-10(5-13(19)8-12)9-20-17-7-11-6-16(17)15-3-1-2-14(11)15/h4-5,8,11,14-17,20H,1-3,6-7,9H2. The first-order valence-electron chi connectivity index (χ1n) is 7.89. The SMILES string of the molecule is Fc1cc(Cl)cc(CNC2CC3CC2C2CCCC32)c1. The zero-order chi connectivity index (χ0) is 13.7. The number of benzene rings is 1. The van der Waals surface area contributed by atoms with E-state index in [1.807, 2.05) is 6.07 Å². The van der Waals surface area contributed by atoms with Crippen molar-refractivity contribution in [2.24, 2.45) is 23.7 Å². The van der Waals surface area contributed by atoms with E-state index in [0.29, 0.717) is 11.1 Å². The van der Waals surface area contributed by atoms with Crippen LogP contribution < -0.4 is 5.32 Å². The summed E-state index contributed by atoms with van der Waals surface area (Å²) in [5.41, 5.74) is 0.959. The molecule has 0 aliphatic heterocycles. The molecule has 3 aliphatic carbocycles. The van der Waals surface area contributed by atoms with Gasteiger partial charge in [-0.3, -0.25) is 0 Å². The van der Waals surface area contributed by atoms with Gasteiger partial charge in [-0.2, -0.15) is 0 Å². The molecule has 5 atom stereocenters. The molecule has 5 unspecified atom stereocenters. The second kappa shape index (κ2) is 4.99. The fourth-order valence-electron chi connectivity index (χ4n) is 5.26. The van der Waals surface area contributed by atoms with Crippen LogP contribution in [0, 0.1) is 29.5 Å². The Morgan fingerprint density at radius 1 is 1.10 bits per heavy atom. The zero-order valence-corrected chi connectivity index (χ0v) is 12.4. The molecule has 2 bridgehead atoms. The van der Waals surface area contributed by atoms with Crippen LogP contribution in [0.1, 0.15) is 37.7 Å². The van der Waals surface area contributed by atoms with Crippen LogP contribution in [-0.4, -0.2) is 6.04 Å². The molecule has 1 N–H and O–H groups in total. The van der Waals surface area contributed by atoms with E-state index in [1.165, 1.54) is 38.2 Å². The van der Waals surface area contributed by atoms with Crippen molar-refractivity contribution in [1.82, 2.24) is 5.32 Å². The lowest BCUT2D eigenvalue weighted by Crippen LogP contribution is -2.38.